The molecule has 0 aliphatic carbocycles. The normalized spacial score (nSPS) is 14.2. The average Bonchev–Trinajstić information content (AvgIpc) is 3.16. The summed E-state index contributed by atoms with van der Waals surface area (Å²) in [5.41, 5.74) is 1.73. The smallest absolute Gasteiger partial charge is 0.363 e. The molecule has 0 N–H and O–H groups in total. The maximum absolute atomic E-state index is 12.4. The second-order valence-electron chi connectivity index (χ2n) is 6.36. The molecule has 0 aromatic heterocycles. The van der Waals surface area contributed by atoms with Crippen LogP contribution in [0.5, 0.6) is 11.5 Å². The van der Waals surface area contributed by atoms with Crippen LogP contribution >= 0.6 is 0 Å². The van der Waals surface area contributed by atoms with Gasteiger partial charge in [0.05, 0.1) is 12.7 Å². The number of hydrogen-bond acceptors (Lipinski definition) is 6. The number of aliphatic imine (C=N–C) groups is 1. The summed E-state index contributed by atoms with van der Waals surface area (Å²) < 4.78 is 15.9. The van der Waals surface area contributed by atoms with Crippen LogP contribution in [0.4, 0.5) is 0 Å². The van der Waals surface area contributed by atoms with Gasteiger partial charge in [0.25, 0.3) is 0 Å². The zero-order chi connectivity index (χ0) is 20.9. The third-order valence-electron chi connectivity index (χ3n) is 4.38. The van der Waals surface area contributed by atoms with Crippen molar-refractivity contribution in [2.75, 3.05) is 7.11 Å². The van der Waals surface area contributed by atoms with Crippen LogP contribution < -0.4 is 9.47 Å². The van der Waals surface area contributed by atoms with E-state index in [0.717, 1.165) is 0 Å². The maximum atomic E-state index is 12.4. The fraction of sp³-hybridized carbons (Fsp3) is 0.0417. The Morgan fingerprint density at radius 1 is 0.933 bits per heavy atom. The van der Waals surface area contributed by atoms with Crippen molar-refractivity contribution in [1.82, 2.24) is 0 Å². The Morgan fingerprint density at radius 3 is 2.37 bits per heavy atom. The molecule has 0 bridgehead atoms. The minimum Gasteiger partial charge on any atom is -0.497 e. The van der Waals surface area contributed by atoms with Crippen LogP contribution in [0.3, 0.4) is 0 Å². The number of cyclic esters (lactones) is 1. The van der Waals surface area contributed by atoms with Gasteiger partial charge >= 0.3 is 11.9 Å². The molecule has 6 heteroatoms. The first-order valence-electron chi connectivity index (χ1n) is 9.17. The van der Waals surface area contributed by atoms with Gasteiger partial charge in [-0.25, -0.2) is 14.6 Å². The van der Waals surface area contributed by atoms with E-state index in [2.05, 4.69) is 4.99 Å². The van der Waals surface area contributed by atoms with Crippen LogP contribution in [-0.2, 0) is 9.53 Å². The lowest BCUT2D eigenvalue weighted by Crippen LogP contribution is -2.09. The van der Waals surface area contributed by atoms with Crippen molar-refractivity contribution < 1.29 is 23.8 Å². The molecule has 1 heterocycles. The monoisotopic (exact) mass is 399 g/mol. The first-order valence-corrected chi connectivity index (χ1v) is 9.17. The Morgan fingerprint density at radius 2 is 1.63 bits per heavy atom. The molecule has 3 aromatic rings. The standard InChI is InChI=1S/C24H17NO5/c1-28-19-13-11-16(12-14-19)22-25-20(24(27)30-22)15-18-9-5-6-10-21(18)29-23(26)17-7-3-2-4-8-17/h2-15H,1H3. The Bertz CT molecular complexity index is 1150. The number of ether oxygens (including phenoxy) is 3. The SMILES string of the molecule is COc1ccc(C2=NC(=Cc3ccccc3OC(=O)c3ccccc3)C(=O)O2)cc1. The molecule has 6 nitrogen and oxygen atoms in total. The van der Waals surface area contributed by atoms with E-state index in [0.29, 0.717) is 28.2 Å². The number of carbonyl (C=O) groups is 2. The molecule has 148 valence electrons. The summed E-state index contributed by atoms with van der Waals surface area (Å²) >= 11 is 0. The number of hydrogen-bond donors (Lipinski definition) is 0. The molecule has 0 spiro atoms. The van der Waals surface area contributed by atoms with Gasteiger partial charge in [0.2, 0.25) is 5.90 Å². The lowest BCUT2D eigenvalue weighted by atomic mass is 10.1. The molecular weight excluding hydrogens is 382 g/mol. The number of para-hydroxylation sites is 1. The van der Waals surface area contributed by atoms with E-state index in [-0.39, 0.29) is 11.6 Å². The van der Waals surface area contributed by atoms with Gasteiger partial charge in [0.15, 0.2) is 5.70 Å². The van der Waals surface area contributed by atoms with Crippen LogP contribution in [0.1, 0.15) is 21.5 Å². The van der Waals surface area contributed by atoms with Gasteiger partial charge < -0.3 is 14.2 Å². The number of nitrogens with zero attached hydrogens (tertiary/aromatic N) is 1. The van der Waals surface area contributed by atoms with Crippen molar-refractivity contribution in [3.8, 4) is 11.5 Å². The number of methoxy groups -OCH3 is 1. The first kappa shape index (κ1) is 19.1. The lowest BCUT2D eigenvalue weighted by Gasteiger charge is -2.07. The zero-order valence-electron chi connectivity index (χ0n) is 16.1. The van der Waals surface area contributed by atoms with Crippen molar-refractivity contribution in [3.05, 3.63) is 101 Å². The summed E-state index contributed by atoms with van der Waals surface area (Å²) in [7, 11) is 1.57. The molecule has 0 amide bonds. The summed E-state index contributed by atoms with van der Waals surface area (Å²) in [5, 5.41) is 0. The van der Waals surface area contributed by atoms with Crippen LogP contribution in [-0.4, -0.2) is 24.9 Å². The predicted molar refractivity (Wildman–Crippen MR) is 111 cm³/mol. The van der Waals surface area contributed by atoms with Crippen LogP contribution in [0.25, 0.3) is 6.08 Å². The van der Waals surface area contributed by atoms with Crippen molar-refractivity contribution in [2.24, 2.45) is 4.99 Å². The molecule has 30 heavy (non-hydrogen) atoms. The number of rotatable bonds is 5. The molecule has 3 aromatic carbocycles. The first-order chi connectivity index (χ1) is 14.6. The summed E-state index contributed by atoms with van der Waals surface area (Å²) in [6, 6.07) is 22.6. The van der Waals surface area contributed by atoms with E-state index in [1.54, 1.807) is 79.9 Å². The summed E-state index contributed by atoms with van der Waals surface area (Å²) in [5.74, 6) is 0.142. The maximum Gasteiger partial charge on any atom is 0.363 e. The van der Waals surface area contributed by atoms with Crippen molar-refractivity contribution in [2.45, 2.75) is 0 Å². The Kier molecular flexibility index (Phi) is 5.39. The van der Waals surface area contributed by atoms with Crippen LogP contribution in [0, 0.1) is 0 Å². The van der Waals surface area contributed by atoms with Gasteiger partial charge in [-0.05, 0) is 48.5 Å². The highest BCUT2D eigenvalue weighted by molar-refractivity contribution is 6.13. The third-order valence-corrected chi connectivity index (χ3v) is 4.38. The highest BCUT2D eigenvalue weighted by atomic mass is 16.6. The average molecular weight is 399 g/mol. The quantitative estimate of drug-likeness (QED) is 0.364. The molecule has 0 radical (unpaired) electrons. The van der Waals surface area contributed by atoms with Gasteiger partial charge in [-0.15, -0.1) is 0 Å². The largest absolute Gasteiger partial charge is 0.497 e. The van der Waals surface area contributed by atoms with Crippen LogP contribution in [0.15, 0.2) is 89.6 Å². The fourth-order valence-corrected chi connectivity index (χ4v) is 2.84. The third kappa shape index (κ3) is 4.12. The van der Waals surface area contributed by atoms with Crippen molar-refractivity contribution >= 4 is 23.9 Å². The zero-order valence-corrected chi connectivity index (χ0v) is 16.1. The summed E-state index contributed by atoms with van der Waals surface area (Å²) in [6.07, 6.45) is 1.53. The molecule has 0 saturated carbocycles. The predicted octanol–water partition coefficient (Wildman–Crippen LogP) is 4.26. The molecule has 0 fully saturated rings. The lowest BCUT2D eigenvalue weighted by molar-refractivity contribution is -0.129. The van der Waals surface area contributed by atoms with E-state index in [1.165, 1.54) is 6.08 Å². The van der Waals surface area contributed by atoms with Gasteiger partial charge in [0, 0.05) is 11.1 Å². The second-order valence-corrected chi connectivity index (χ2v) is 6.36. The Hall–Kier alpha value is -4.19. The molecule has 1 aliphatic heterocycles. The molecule has 4 rings (SSSR count). The number of benzene rings is 3. The highest BCUT2D eigenvalue weighted by Crippen LogP contribution is 2.26. The van der Waals surface area contributed by atoms with Gasteiger partial charge in [-0.2, -0.15) is 0 Å². The van der Waals surface area contributed by atoms with Gasteiger partial charge in [-0.1, -0.05) is 36.4 Å². The minimum absolute atomic E-state index is 0.115. The summed E-state index contributed by atoms with van der Waals surface area (Å²) in [6.45, 7) is 0. The van der Waals surface area contributed by atoms with E-state index < -0.39 is 11.9 Å². The second kappa shape index (κ2) is 8.45. The van der Waals surface area contributed by atoms with Gasteiger partial charge in [-0.3, -0.25) is 0 Å². The molecule has 0 atom stereocenters. The molecule has 1 aliphatic rings. The van der Waals surface area contributed by atoms with E-state index in [9.17, 15) is 9.59 Å². The number of carbonyl (C=O) groups excluding carboxylic acids is 2. The minimum atomic E-state index is -0.579. The molecule has 0 saturated heterocycles. The molecule has 0 unspecified atom stereocenters. The Balaban J connectivity index is 1.60. The van der Waals surface area contributed by atoms with Crippen molar-refractivity contribution in [1.29, 1.82) is 0 Å². The molecular formula is C24H17NO5. The van der Waals surface area contributed by atoms with E-state index in [4.69, 9.17) is 14.2 Å². The topological polar surface area (TPSA) is 74.2 Å². The highest BCUT2D eigenvalue weighted by Gasteiger charge is 2.24. The summed E-state index contributed by atoms with van der Waals surface area (Å²) in [4.78, 5) is 29.0. The van der Waals surface area contributed by atoms with Crippen molar-refractivity contribution in [3.63, 3.8) is 0 Å². The fourth-order valence-electron chi connectivity index (χ4n) is 2.84. The number of esters is 2. The van der Waals surface area contributed by atoms with E-state index in [1.807, 2.05) is 6.07 Å². The van der Waals surface area contributed by atoms with Crippen LogP contribution in [0.2, 0.25) is 0 Å². The van der Waals surface area contributed by atoms with E-state index >= 15 is 0 Å². The van der Waals surface area contributed by atoms with Gasteiger partial charge in [0.1, 0.15) is 11.5 Å². The Labute approximate surface area is 173 Å².